The Kier molecular flexibility index (Phi) is 4.47. The van der Waals surface area contributed by atoms with Crippen molar-refractivity contribution in [2.75, 3.05) is 0 Å². The summed E-state index contributed by atoms with van der Waals surface area (Å²) in [5.74, 6) is -0.676. The van der Waals surface area contributed by atoms with Crippen molar-refractivity contribution in [1.29, 1.82) is 0 Å². The molecule has 3 aromatic rings. The molecule has 0 aliphatic heterocycles. The van der Waals surface area contributed by atoms with Crippen molar-refractivity contribution in [2.24, 2.45) is 0 Å². The number of rotatable bonds is 4. The van der Waals surface area contributed by atoms with Crippen LogP contribution in [0.15, 0.2) is 57.4 Å². The van der Waals surface area contributed by atoms with Crippen LogP contribution in [0.5, 0.6) is 0 Å². The van der Waals surface area contributed by atoms with Gasteiger partial charge in [-0.05, 0) is 42.5 Å². The molecular weight excluding hydrogens is 367 g/mol. The lowest BCUT2D eigenvalue weighted by Gasteiger charge is -2.01. The lowest BCUT2D eigenvalue weighted by molar-refractivity contribution is 0.0438. The van der Waals surface area contributed by atoms with Gasteiger partial charge in [-0.3, -0.25) is 0 Å². The fraction of sp³-hybridized carbons (Fsp3) is 0.0625. The maximum atomic E-state index is 13.1. The number of esters is 1. The highest BCUT2D eigenvalue weighted by Gasteiger charge is 2.12. The van der Waals surface area contributed by atoms with Crippen molar-refractivity contribution in [2.45, 2.75) is 6.61 Å². The zero-order chi connectivity index (χ0) is 16.2. The lowest BCUT2D eigenvalue weighted by Crippen LogP contribution is -2.05. The molecule has 116 valence electrons. The van der Waals surface area contributed by atoms with Crippen LogP contribution in [0.25, 0.3) is 11.5 Å². The number of hydrogen-bond donors (Lipinski definition) is 0. The van der Waals surface area contributed by atoms with Gasteiger partial charge in [-0.25, -0.2) is 9.18 Å². The molecule has 0 fully saturated rings. The van der Waals surface area contributed by atoms with E-state index in [0.29, 0.717) is 5.89 Å². The Bertz CT molecular complexity index is 833. The van der Waals surface area contributed by atoms with Gasteiger partial charge < -0.3 is 9.15 Å². The number of nitrogens with zero attached hydrogens (tertiary/aromatic N) is 2. The first-order valence-corrected chi connectivity index (χ1v) is 7.42. The van der Waals surface area contributed by atoms with Gasteiger partial charge in [0.1, 0.15) is 5.82 Å². The second-order valence-electron chi connectivity index (χ2n) is 4.59. The molecule has 0 radical (unpaired) electrons. The Labute approximate surface area is 139 Å². The van der Waals surface area contributed by atoms with Crippen LogP contribution in [0.2, 0.25) is 0 Å². The van der Waals surface area contributed by atoms with Gasteiger partial charge in [0.15, 0.2) is 6.61 Å². The minimum atomic E-state index is -0.659. The molecule has 0 saturated heterocycles. The summed E-state index contributed by atoms with van der Waals surface area (Å²) < 4.78 is 24.5. The van der Waals surface area contributed by atoms with Crippen molar-refractivity contribution in [3.63, 3.8) is 0 Å². The molecule has 0 atom stereocenters. The zero-order valence-electron chi connectivity index (χ0n) is 11.7. The molecule has 0 aliphatic rings. The Morgan fingerprint density at radius 3 is 2.70 bits per heavy atom. The topological polar surface area (TPSA) is 65.2 Å². The van der Waals surface area contributed by atoms with Gasteiger partial charge in [-0.1, -0.05) is 22.0 Å². The normalized spacial score (nSPS) is 10.5. The number of carbonyl (C=O) groups is 1. The van der Waals surface area contributed by atoms with E-state index in [2.05, 4.69) is 26.1 Å². The highest BCUT2D eigenvalue weighted by Crippen LogP contribution is 2.20. The van der Waals surface area contributed by atoms with Crippen molar-refractivity contribution >= 4 is 21.9 Å². The van der Waals surface area contributed by atoms with Crippen LogP contribution in [0.3, 0.4) is 0 Å². The molecule has 0 amide bonds. The van der Waals surface area contributed by atoms with E-state index >= 15 is 0 Å². The van der Waals surface area contributed by atoms with Gasteiger partial charge in [0.05, 0.1) is 5.56 Å². The Morgan fingerprint density at radius 1 is 1.17 bits per heavy atom. The van der Waals surface area contributed by atoms with Crippen LogP contribution in [0.1, 0.15) is 16.2 Å². The van der Waals surface area contributed by atoms with Crippen LogP contribution >= 0.6 is 15.9 Å². The first-order valence-electron chi connectivity index (χ1n) is 6.63. The summed E-state index contributed by atoms with van der Waals surface area (Å²) in [7, 11) is 0. The molecule has 23 heavy (non-hydrogen) atoms. The van der Waals surface area contributed by atoms with E-state index in [1.54, 1.807) is 0 Å². The number of hydrogen-bond acceptors (Lipinski definition) is 5. The number of benzene rings is 2. The molecule has 2 aromatic carbocycles. The molecule has 1 aromatic heterocycles. The fourth-order valence-electron chi connectivity index (χ4n) is 1.85. The van der Waals surface area contributed by atoms with Crippen molar-refractivity contribution < 1.29 is 18.3 Å². The Hall–Kier alpha value is -2.54. The molecular formula is C16H10BrFN2O3. The largest absolute Gasteiger partial charge is 0.452 e. The number of aromatic nitrogens is 2. The Balaban J connectivity index is 1.65. The van der Waals surface area contributed by atoms with Crippen LogP contribution < -0.4 is 0 Å². The Morgan fingerprint density at radius 2 is 1.96 bits per heavy atom. The first kappa shape index (κ1) is 15.4. The molecule has 3 rings (SSSR count). The molecule has 5 nitrogen and oxygen atoms in total. The quantitative estimate of drug-likeness (QED) is 0.644. The van der Waals surface area contributed by atoms with Crippen LogP contribution in [0, 0.1) is 5.82 Å². The van der Waals surface area contributed by atoms with Crippen molar-refractivity contribution in [3.8, 4) is 11.5 Å². The molecule has 0 N–H and O–H groups in total. The van der Waals surface area contributed by atoms with Gasteiger partial charge in [0, 0.05) is 10.0 Å². The second kappa shape index (κ2) is 6.70. The van der Waals surface area contributed by atoms with E-state index in [1.165, 1.54) is 18.2 Å². The van der Waals surface area contributed by atoms with Crippen molar-refractivity contribution in [1.82, 2.24) is 10.2 Å². The molecule has 1 heterocycles. The summed E-state index contributed by atoms with van der Waals surface area (Å²) >= 11 is 3.34. The zero-order valence-corrected chi connectivity index (χ0v) is 13.3. The second-order valence-corrected chi connectivity index (χ2v) is 5.51. The van der Waals surface area contributed by atoms with Crippen LogP contribution in [0.4, 0.5) is 4.39 Å². The summed E-state index contributed by atoms with van der Waals surface area (Å²) in [6.45, 7) is -0.182. The first-order chi connectivity index (χ1) is 11.1. The average molecular weight is 377 g/mol. The summed E-state index contributed by atoms with van der Waals surface area (Å²) in [6.07, 6.45) is 0. The highest BCUT2D eigenvalue weighted by molar-refractivity contribution is 9.10. The summed E-state index contributed by atoms with van der Waals surface area (Å²) in [5, 5.41) is 7.72. The molecule has 0 saturated carbocycles. The van der Waals surface area contributed by atoms with Crippen LogP contribution in [-0.2, 0) is 11.3 Å². The van der Waals surface area contributed by atoms with Gasteiger partial charge in [-0.15, -0.1) is 10.2 Å². The number of halogens is 2. The predicted molar refractivity (Wildman–Crippen MR) is 83.0 cm³/mol. The van der Waals surface area contributed by atoms with Crippen LogP contribution in [-0.4, -0.2) is 16.2 Å². The third kappa shape index (κ3) is 3.81. The minimum Gasteiger partial charge on any atom is -0.452 e. The molecule has 7 heteroatoms. The van der Waals surface area contributed by atoms with E-state index in [4.69, 9.17) is 9.15 Å². The standard InChI is InChI=1S/C16H10BrFN2O3/c17-12-6-4-10(5-7-12)15-20-19-14(23-15)9-22-16(21)11-2-1-3-13(18)8-11/h1-8H,9H2. The lowest BCUT2D eigenvalue weighted by atomic mass is 10.2. The van der Waals surface area contributed by atoms with Gasteiger partial charge in [0.25, 0.3) is 5.89 Å². The van der Waals surface area contributed by atoms with E-state index in [9.17, 15) is 9.18 Å². The van der Waals surface area contributed by atoms with Gasteiger partial charge >= 0.3 is 5.97 Å². The third-order valence-electron chi connectivity index (χ3n) is 2.95. The summed E-state index contributed by atoms with van der Waals surface area (Å²) in [5.41, 5.74) is 0.876. The third-order valence-corrected chi connectivity index (χ3v) is 3.47. The monoisotopic (exact) mass is 376 g/mol. The summed E-state index contributed by atoms with van der Waals surface area (Å²) in [6, 6.07) is 12.6. The van der Waals surface area contributed by atoms with Gasteiger partial charge in [0.2, 0.25) is 5.89 Å². The average Bonchev–Trinajstić information content (AvgIpc) is 3.02. The molecule has 0 aliphatic carbocycles. The molecule has 0 unspecified atom stereocenters. The highest BCUT2D eigenvalue weighted by atomic mass is 79.9. The van der Waals surface area contributed by atoms with E-state index in [1.807, 2.05) is 24.3 Å². The fourth-order valence-corrected chi connectivity index (χ4v) is 2.11. The minimum absolute atomic E-state index is 0.123. The van der Waals surface area contributed by atoms with Crippen molar-refractivity contribution in [3.05, 3.63) is 70.3 Å². The number of carbonyl (C=O) groups excluding carboxylic acids is 1. The predicted octanol–water partition coefficient (Wildman–Crippen LogP) is 4.00. The number of ether oxygens (including phenoxy) is 1. The smallest absolute Gasteiger partial charge is 0.338 e. The molecule has 0 bridgehead atoms. The van der Waals surface area contributed by atoms with E-state index in [0.717, 1.165) is 16.1 Å². The van der Waals surface area contributed by atoms with Gasteiger partial charge in [-0.2, -0.15) is 0 Å². The molecule has 0 spiro atoms. The SMILES string of the molecule is O=C(OCc1nnc(-c2ccc(Br)cc2)o1)c1cccc(F)c1. The maximum Gasteiger partial charge on any atom is 0.338 e. The summed E-state index contributed by atoms with van der Waals surface area (Å²) in [4.78, 5) is 11.8. The van der Waals surface area contributed by atoms with E-state index < -0.39 is 11.8 Å². The van der Waals surface area contributed by atoms with E-state index in [-0.39, 0.29) is 18.1 Å². The maximum absolute atomic E-state index is 13.1.